The van der Waals surface area contributed by atoms with E-state index in [1.54, 1.807) is 0 Å². The van der Waals surface area contributed by atoms with Crippen LogP contribution in [0.25, 0.3) is 0 Å². The van der Waals surface area contributed by atoms with Crippen LogP contribution in [-0.4, -0.2) is 36.6 Å². The number of hydrogen-bond acceptors (Lipinski definition) is 2. The highest BCUT2D eigenvalue weighted by molar-refractivity contribution is 5.21. The Kier molecular flexibility index (Phi) is 3.62. The monoisotopic (exact) mass is 218 g/mol. The molecule has 0 aliphatic carbocycles. The average molecular weight is 218 g/mol. The smallest absolute Gasteiger partial charge is 0.0620 e. The van der Waals surface area contributed by atoms with Crippen LogP contribution >= 0.6 is 0 Å². The molecule has 1 aromatic carbocycles. The number of likely N-dealkylation sites (tertiary alicyclic amines) is 1. The van der Waals surface area contributed by atoms with E-state index in [9.17, 15) is 0 Å². The Bertz CT molecular complexity index is 329. The molecule has 0 saturated carbocycles. The first kappa shape index (κ1) is 11.6. The van der Waals surface area contributed by atoms with Crippen molar-refractivity contribution in [3.63, 3.8) is 0 Å². The first-order chi connectivity index (χ1) is 7.66. The largest absolute Gasteiger partial charge is 0.294 e. The second-order valence-corrected chi connectivity index (χ2v) is 5.04. The van der Waals surface area contributed by atoms with Crippen molar-refractivity contribution >= 4 is 0 Å². The predicted octanol–water partition coefficient (Wildman–Crippen LogP) is 2.48. The second kappa shape index (κ2) is 4.98. The Labute approximate surface area is 98.9 Å². The van der Waals surface area contributed by atoms with Crippen molar-refractivity contribution in [3.05, 3.63) is 35.4 Å². The molecule has 0 spiro atoms. The molecule has 2 nitrogen and oxygen atoms in total. The molecule has 0 N–H and O–H groups in total. The quantitative estimate of drug-likeness (QED) is 0.769. The highest BCUT2D eigenvalue weighted by Crippen LogP contribution is 2.21. The van der Waals surface area contributed by atoms with Gasteiger partial charge in [-0.3, -0.25) is 9.80 Å². The van der Waals surface area contributed by atoms with Gasteiger partial charge in [0.05, 0.1) is 6.17 Å². The van der Waals surface area contributed by atoms with E-state index in [1.165, 1.54) is 30.5 Å². The van der Waals surface area contributed by atoms with Crippen molar-refractivity contribution in [2.24, 2.45) is 0 Å². The van der Waals surface area contributed by atoms with Gasteiger partial charge >= 0.3 is 0 Å². The number of benzene rings is 1. The summed E-state index contributed by atoms with van der Waals surface area (Å²) in [6.07, 6.45) is 3.26. The van der Waals surface area contributed by atoms with Crippen LogP contribution < -0.4 is 0 Å². The van der Waals surface area contributed by atoms with Gasteiger partial charge in [0.15, 0.2) is 0 Å². The molecule has 88 valence electrons. The van der Waals surface area contributed by atoms with Crippen LogP contribution in [0.5, 0.6) is 0 Å². The lowest BCUT2D eigenvalue weighted by Gasteiger charge is -2.29. The first-order valence-corrected chi connectivity index (χ1v) is 6.13. The number of aryl methyl sites for hydroxylation is 1. The number of rotatable bonds is 3. The molecule has 0 radical (unpaired) electrons. The lowest BCUT2D eigenvalue weighted by atomic mass is 10.1. The van der Waals surface area contributed by atoms with Gasteiger partial charge in [-0.05, 0) is 39.4 Å². The van der Waals surface area contributed by atoms with Crippen LogP contribution in [0, 0.1) is 6.92 Å². The van der Waals surface area contributed by atoms with Crippen LogP contribution in [0.4, 0.5) is 0 Å². The molecule has 2 heteroatoms. The van der Waals surface area contributed by atoms with Crippen LogP contribution in [0.2, 0.25) is 0 Å². The van der Waals surface area contributed by atoms with Gasteiger partial charge < -0.3 is 0 Å². The fourth-order valence-corrected chi connectivity index (χ4v) is 2.51. The molecule has 1 unspecified atom stereocenters. The fourth-order valence-electron chi connectivity index (χ4n) is 2.51. The van der Waals surface area contributed by atoms with Crippen molar-refractivity contribution < 1.29 is 0 Å². The van der Waals surface area contributed by atoms with Gasteiger partial charge in [-0.25, -0.2) is 0 Å². The van der Waals surface area contributed by atoms with Crippen molar-refractivity contribution in [2.75, 3.05) is 20.6 Å². The Hall–Kier alpha value is -0.860. The van der Waals surface area contributed by atoms with Crippen LogP contribution in [0.3, 0.4) is 0 Å². The third kappa shape index (κ3) is 2.63. The summed E-state index contributed by atoms with van der Waals surface area (Å²) >= 11 is 0. The maximum Gasteiger partial charge on any atom is 0.0620 e. The lowest BCUT2D eigenvalue weighted by Crippen LogP contribution is -2.39. The summed E-state index contributed by atoms with van der Waals surface area (Å²) in [5, 5.41) is 0. The second-order valence-electron chi connectivity index (χ2n) is 5.04. The van der Waals surface area contributed by atoms with E-state index < -0.39 is 0 Å². The fraction of sp³-hybridized carbons (Fsp3) is 0.571. The van der Waals surface area contributed by atoms with Crippen molar-refractivity contribution in [1.29, 1.82) is 0 Å². The highest BCUT2D eigenvalue weighted by atomic mass is 15.3. The van der Waals surface area contributed by atoms with Gasteiger partial charge in [0.1, 0.15) is 0 Å². The van der Waals surface area contributed by atoms with E-state index in [1.807, 2.05) is 0 Å². The molecule has 1 saturated heterocycles. The molecule has 1 aliphatic rings. The minimum atomic E-state index is 0.626. The summed E-state index contributed by atoms with van der Waals surface area (Å²) in [4.78, 5) is 4.91. The Morgan fingerprint density at radius 1 is 1.25 bits per heavy atom. The topological polar surface area (TPSA) is 6.48 Å². The maximum absolute atomic E-state index is 2.57. The van der Waals surface area contributed by atoms with Crippen molar-refractivity contribution in [2.45, 2.75) is 32.5 Å². The molecular weight excluding hydrogens is 196 g/mol. The molecule has 0 aromatic heterocycles. The number of hydrogen-bond donors (Lipinski definition) is 0. The summed E-state index contributed by atoms with van der Waals surface area (Å²) < 4.78 is 0. The summed E-state index contributed by atoms with van der Waals surface area (Å²) in [7, 11) is 4.36. The molecule has 1 atom stereocenters. The Morgan fingerprint density at radius 3 is 2.56 bits per heavy atom. The molecule has 1 fully saturated rings. The standard InChI is InChI=1S/C14H22N2/c1-12-6-8-13(9-7-12)11-16-10-4-5-14(16)15(2)3/h6-9,14H,4-5,10-11H2,1-3H3. The molecular formula is C14H22N2. The van der Waals surface area contributed by atoms with Crippen LogP contribution in [0.15, 0.2) is 24.3 Å². The zero-order valence-electron chi connectivity index (χ0n) is 10.6. The van der Waals surface area contributed by atoms with Crippen LogP contribution in [0.1, 0.15) is 24.0 Å². The van der Waals surface area contributed by atoms with E-state index >= 15 is 0 Å². The normalized spacial score (nSPS) is 21.9. The first-order valence-electron chi connectivity index (χ1n) is 6.13. The Morgan fingerprint density at radius 2 is 1.94 bits per heavy atom. The summed E-state index contributed by atoms with van der Waals surface area (Å²) in [5.74, 6) is 0. The lowest BCUT2D eigenvalue weighted by molar-refractivity contribution is 0.114. The van der Waals surface area contributed by atoms with Gasteiger partial charge in [0, 0.05) is 13.1 Å². The van der Waals surface area contributed by atoms with E-state index in [0.29, 0.717) is 6.17 Å². The maximum atomic E-state index is 2.57. The van der Waals surface area contributed by atoms with Crippen molar-refractivity contribution in [1.82, 2.24) is 9.80 Å². The minimum Gasteiger partial charge on any atom is -0.294 e. The zero-order chi connectivity index (χ0) is 11.5. The molecule has 0 amide bonds. The van der Waals surface area contributed by atoms with E-state index in [2.05, 4.69) is 55.1 Å². The van der Waals surface area contributed by atoms with Gasteiger partial charge in [-0.2, -0.15) is 0 Å². The Balaban J connectivity index is 2.01. The zero-order valence-corrected chi connectivity index (χ0v) is 10.6. The molecule has 16 heavy (non-hydrogen) atoms. The molecule has 1 heterocycles. The third-order valence-electron chi connectivity index (χ3n) is 3.43. The molecule has 0 bridgehead atoms. The molecule has 1 aliphatic heterocycles. The molecule has 1 aromatic rings. The van der Waals surface area contributed by atoms with E-state index in [0.717, 1.165) is 6.54 Å². The SMILES string of the molecule is Cc1ccc(CN2CCCC2N(C)C)cc1. The number of nitrogens with zero attached hydrogens (tertiary/aromatic N) is 2. The van der Waals surface area contributed by atoms with Gasteiger partial charge in [-0.1, -0.05) is 29.8 Å². The summed E-state index contributed by atoms with van der Waals surface area (Å²) in [5.41, 5.74) is 2.77. The van der Waals surface area contributed by atoms with Gasteiger partial charge in [-0.15, -0.1) is 0 Å². The minimum absolute atomic E-state index is 0.626. The van der Waals surface area contributed by atoms with Crippen molar-refractivity contribution in [3.8, 4) is 0 Å². The average Bonchev–Trinajstić information content (AvgIpc) is 2.69. The van der Waals surface area contributed by atoms with Gasteiger partial charge in [0.2, 0.25) is 0 Å². The van der Waals surface area contributed by atoms with Gasteiger partial charge in [0.25, 0.3) is 0 Å². The van der Waals surface area contributed by atoms with E-state index in [4.69, 9.17) is 0 Å². The van der Waals surface area contributed by atoms with Crippen LogP contribution in [-0.2, 0) is 6.54 Å². The summed E-state index contributed by atoms with van der Waals surface area (Å²) in [6, 6.07) is 8.91. The summed E-state index contributed by atoms with van der Waals surface area (Å²) in [6.45, 7) is 4.46. The predicted molar refractivity (Wildman–Crippen MR) is 68.3 cm³/mol. The highest BCUT2D eigenvalue weighted by Gasteiger charge is 2.25. The third-order valence-corrected chi connectivity index (χ3v) is 3.43. The van der Waals surface area contributed by atoms with E-state index in [-0.39, 0.29) is 0 Å². The molecule has 2 rings (SSSR count).